The maximum atomic E-state index is 12.0. The van der Waals surface area contributed by atoms with Gasteiger partial charge in [0.25, 0.3) is 0 Å². The number of aromatic nitrogens is 1. The van der Waals surface area contributed by atoms with E-state index in [0.29, 0.717) is 17.0 Å². The summed E-state index contributed by atoms with van der Waals surface area (Å²) in [5, 5.41) is 12.4. The first kappa shape index (κ1) is 15.3. The molecule has 0 spiro atoms. The fourth-order valence-corrected chi connectivity index (χ4v) is 1.98. The smallest absolute Gasteiger partial charge is 0.871 e. The number of pyridine rings is 1. The van der Waals surface area contributed by atoms with Crippen molar-refractivity contribution in [1.82, 2.24) is 4.98 Å². The number of allylic oxidation sites excluding steroid dienone is 1. The zero-order chi connectivity index (χ0) is 11.7. The Hall–Kier alpha value is 0.286. The van der Waals surface area contributed by atoms with E-state index in [1.165, 1.54) is 12.3 Å². The van der Waals surface area contributed by atoms with Crippen LogP contribution in [-0.2, 0) is 4.79 Å². The van der Waals surface area contributed by atoms with Crippen molar-refractivity contribution in [3.63, 3.8) is 0 Å². The van der Waals surface area contributed by atoms with Crippen LogP contribution in [0.25, 0.3) is 5.76 Å². The molecular formula is C12H11ClKNO2. The van der Waals surface area contributed by atoms with Gasteiger partial charge in [-0.2, -0.15) is 0 Å². The van der Waals surface area contributed by atoms with Gasteiger partial charge in [-0.05, 0) is 30.5 Å². The van der Waals surface area contributed by atoms with E-state index in [1.807, 2.05) is 6.92 Å². The van der Waals surface area contributed by atoms with Gasteiger partial charge < -0.3 is 5.11 Å². The summed E-state index contributed by atoms with van der Waals surface area (Å²) >= 11 is 5.77. The molecule has 0 N–H and O–H groups in total. The third-order valence-electron chi connectivity index (χ3n) is 2.80. The van der Waals surface area contributed by atoms with Gasteiger partial charge in [0.1, 0.15) is 0 Å². The first-order valence-electron chi connectivity index (χ1n) is 5.16. The Kier molecular flexibility index (Phi) is 5.82. The van der Waals surface area contributed by atoms with Crippen LogP contribution in [0, 0.1) is 5.92 Å². The van der Waals surface area contributed by atoms with Crippen LogP contribution in [0.1, 0.15) is 25.5 Å². The molecule has 0 aliphatic heterocycles. The minimum atomic E-state index is -0.281. The average Bonchev–Trinajstić information content (AvgIpc) is 2.59. The van der Waals surface area contributed by atoms with Gasteiger partial charge in [0, 0.05) is 17.1 Å². The molecule has 84 valence electrons. The van der Waals surface area contributed by atoms with Gasteiger partial charge >= 0.3 is 51.4 Å². The molecule has 1 heterocycles. The van der Waals surface area contributed by atoms with E-state index < -0.39 is 0 Å². The molecule has 0 bridgehead atoms. The number of rotatable bonds is 1. The summed E-state index contributed by atoms with van der Waals surface area (Å²) in [4.78, 5) is 15.6. The van der Waals surface area contributed by atoms with Gasteiger partial charge in [-0.1, -0.05) is 24.3 Å². The van der Waals surface area contributed by atoms with Crippen molar-refractivity contribution in [3.05, 3.63) is 34.6 Å². The van der Waals surface area contributed by atoms with Crippen molar-refractivity contribution >= 4 is 23.1 Å². The fraction of sp³-hybridized carbons (Fsp3) is 0.333. The molecule has 1 fully saturated rings. The Morgan fingerprint density at radius 2 is 2.29 bits per heavy atom. The molecule has 0 aromatic carbocycles. The number of nitrogens with zero attached hydrogens (tertiary/aromatic N) is 1. The van der Waals surface area contributed by atoms with Crippen molar-refractivity contribution in [2.24, 2.45) is 5.92 Å². The summed E-state index contributed by atoms with van der Waals surface area (Å²) in [7, 11) is 0. The van der Waals surface area contributed by atoms with E-state index in [9.17, 15) is 9.90 Å². The zero-order valence-electron chi connectivity index (χ0n) is 9.87. The van der Waals surface area contributed by atoms with Crippen LogP contribution in [-0.4, -0.2) is 10.8 Å². The standard InChI is InChI=1S/C12H12ClNO2.K/c1-7-2-3-9(11(7)15)12(16)10-6-8(13)4-5-14-10;/h4-7,16H,2-3H2,1H3;/q;+1/p-1/b12-9-;. The van der Waals surface area contributed by atoms with Gasteiger partial charge in [-0.3, -0.25) is 9.78 Å². The van der Waals surface area contributed by atoms with Crippen molar-refractivity contribution < 1.29 is 61.3 Å². The van der Waals surface area contributed by atoms with Crippen LogP contribution in [0.2, 0.25) is 5.02 Å². The first-order chi connectivity index (χ1) is 7.59. The summed E-state index contributed by atoms with van der Waals surface area (Å²) in [6, 6.07) is 3.09. The predicted octanol–water partition coefficient (Wildman–Crippen LogP) is -1.19. The molecule has 0 saturated heterocycles. The number of carbonyl (C=O) groups excluding carboxylic acids is 1. The molecule has 1 unspecified atom stereocenters. The largest absolute Gasteiger partial charge is 1.00 e. The number of hydrogen-bond acceptors (Lipinski definition) is 3. The van der Waals surface area contributed by atoms with Crippen molar-refractivity contribution in [2.75, 3.05) is 0 Å². The second-order valence-electron chi connectivity index (χ2n) is 3.97. The molecule has 1 aliphatic carbocycles. The van der Waals surface area contributed by atoms with Gasteiger partial charge in [-0.15, -0.1) is 0 Å². The monoisotopic (exact) mass is 275 g/mol. The van der Waals surface area contributed by atoms with E-state index in [4.69, 9.17) is 11.6 Å². The second kappa shape index (κ2) is 6.45. The Morgan fingerprint density at radius 1 is 1.59 bits per heavy atom. The minimum Gasteiger partial charge on any atom is -0.871 e. The van der Waals surface area contributed by atoms with Crippen LogP contribution in [0.4, 0.5) is 0 Å². The van der Waals surface area contributed by atoms with Crippen molar-refractivity contribution in [3.8, 4) is 0 Å². The number of Topliss-reactive ketones (excluding diaryl/α,β-unsaturated/α-hetero) is 1. The molecule has 0 amide bonds. The first-order valence-corrected chi connectivity index (χ1v) is 5.53. The van der Waals surface area contributed by atoms with Gasteiger partial charge in [-0.25, -0.2) is 0 Å². The van der Waals surface area contributed by atoms with Gasteiger partial charge in [0.2, 0.25) is 0 Å². The summed E-state index contributed by atoms with van der Waals surface area (Å²) in [5.41, 5.74) is 0.618. The Bertz CT molecular complexity index is 473. The minimum absolute atomic E-state index is 0. The van der Waals surface area contributed by atoms with Crippen LogP contribution < -0.4 is 56.5 Å². The average molecular weight is 276 g/mol. The number of carbonyl (C=O) groups is 1. The molecule has 1 aliphatic rings. The van der Waals surface area contributed by atoms with E-state index in [2.05, 4.69) is 4.98 Å². The van der Waals surface area contributed by atoms with E-state index in [0.717, 1.165) is 6.42 Å². The molecule has 1 aromatic rings. The van der Waals surface area contributed by atoms with Gasteiger partial charge in [0.15, 0.2) is 5.78 Å². The van der Waals surface area contributed by atoms with Crippen LogP contribution in [0.15, 0.2) is 23.9 Å². The zero-order valence-corrected chi connectivity index (χ0v) is 13.7. The number of halogens is 1. The third-order valence-corrected chi connectivity index (χ3v) is 3.04. The number of ketones is 1. The molecule has 1 aromatic heterocycles. The van der Waals surface area contributed by atoms with Crippen molar-refractivity contribution in [2.45, 2.75) is 19.8 Å². The van der Waals surface area contributed by atoms with Gasteiger partial charge in [0.05, 0.1) is 5.69 Å². The summed E-state index contributed by atoms with van der Waals surface area (Å²) < 4.78 is 0. The Balaban J connectivity index is 0.00000144. The van der Waals surface area contributed by atoms with Crippen LogP contribution >= 0.6 is 11.6 Å². The van der Waals surface area contributed by atoms with E-state index in [-0.39, 0.29) is 74.5 Å². The molecule has 2 rings (SSSR count). The second-order valence-corrected chi connectivity index (χ2v) is 4.41. The molecular weight excluding hydrogens is 265 g/mol. The topological polar surface area (TPSA) is 53.0 Å². The summed E-state index contributed by atoms with van der Waals surface area (Å²) in [6.45, 7) is 1.84. The third kappa shape index (κ3) is 3.40. The number of hydrogen-bond donors (Lipinski definition) is 0. The molecule has 17 heavy (non-hydrogen) atoms. The Labute approximate surface area is 148 Å². The molecule has 5 heteroatoms. The maximum Gasteiger partial charge on any atom is 1.00 e. The van der Waals surface area contributed by atoms with E-state index in [1.54, 1.807) is 6.07 Å². The Morgan fingerprint density at radius 3 is 2.82 bits per heavy atom. The maximum absolute atomic E-state index is 12.0. The summed E-state index contributed by atoms with van der Waals surface area (Å²) in [5.74, 6) is -0.373. The van der Waals surface area contributed by atoms with E-state index >= 15 is 0 Å². The SMILES string of the molecule is CC1CC/C(=C(/[O-])c2cc(Cl)ccn2)C1=O.[K+]. The fourth-order valence-electron chi connectivity index (χ4n) is 1.82. The van der Waals surface area contributed by atoms with Crippen molar-refractivity contribution in [1.29, 1.82) is 0 Å². The molecule has 1 saturated carbocycles. The molecule has 0 radical (unpaired) electrons. The summed E-state index contributed by atoms with van der Waals surface area (Å²) in [6.07, 6.45) is 2.77. The predicted molar refractivity (Wildman–Crippen MR) is 59.6 cm³/mol. The molecule has 1 atom stereocenters. The van der Waals surface area contributed by atoms with Crippen LogP contribution in [0.5, 0.6) is 0 Å². The molecule has 3 nitrogen and oxygen atoms in total. The van der Waals surface area contributed by atoms with Crippen LogP contribution in [0.3, 0.4) is 0 Å². The normalized spacial score (nSPS) is 22.2. The quantitative estimate of drug-likeness (QED) is 0.368.